The fourth-order valence-electron chi connectivity index (χ4n) is 5.62. The lowest BCUT2D eigenvalue weighted by molar-refractivity contribution is -0.870. The number of carbonyl (C=O) groups is 1. The van der Waals surface area contributed by atoms with Crippen LogP contribution >= 0.6 is 7.82 Å². The number of nitrogens with zero attached hydrogens (tertiary/aromatic N) is 1. The fourth-order valence-corrected chi connectivity index (χ4v) is 6.36. The second kappa shape index (κ2) is 32.9. The summed E-state index contributed by atoms with van der Waals surface area (Å²) in [5.41, 5.74) is 0. The van der Waals surface area contributed by atoms with Crippen LogP contribution in [-0.4, -0.2) is 73.4 Å². The van der Waals surface area contributed by atoms with Gasteiger partial charge in [-0.25, -0.2) is 4.57 Å². The van der Waals surface area contributed by atoms with Gasteiger partial charge in [-0.3, -0.25) is 13.8 Å². The lowest BCUT2D eigenvalue weighted by Crippen LogP contribution is -2.45. The summed E-state index contributed by atoms with van der Waals surface area (Å²) in [6, 6.07) is -0.854. The molecule has 0 spiro atoms. The van der Waals surface area contributed by atoms with Gasteiger partial charge in [0.25, 0.3) is 0 Å². The van der Waals surface area contributed by atoms with E-state index in [1.807, 2.05) is 34.1 Å². The van der Waals surface area contributed by atoms with Gasteiger partial charge in [0, 0.05) is 6.42 Å². The van der Waals surface area contributed by atoms with Crippen LogP contribution in [-0.2, 0) is 18.4 Å². The molecule has 0 aromatic heterocycles. The number of unbranched alkanes of at least 4 members (excludes halogenated alkanes) is 21. The summed E-state index contributed by atoms with van der Waals surface area (Å²) >= 11 is 0. The fraction of sp³-hybridized carbons (Fsp3) is 0.875. The van der Waals surface area contributed by atoms with E-state index >= 15 is 0 Å². The van der Waals surface area contributed by atoms with Gasteiger partial charge >= 0.3 is 7.82 Å². The van der Waals surface area contributed by atoms with E-state index in [2.05, 4.69) is 24.4 Å². The number of aliphatic hydroxyl groups is 1. The molecule has 0 bridgehead atoms. The minimum atomic E-state index is -4.31. The van der Waals surface area contributed by atoms with Crippen molar-refractivity contribution in [3.8, 4) is 0 Å². The number of rotatable bonds is 36. The zero-order valence-corrected chi connectivity index (χ0v) is 33.6. The number of quaternary nitrogens is 1. The zero-order chi connectivity index (χ0) is 36.5. The quantitative estimate of drug-likeness (QED) is 0.0258. The zero-order valence-electron chi connectivity index (χ0n) is 32.7. The molecule has 0 aromatic rings. The Kier molecular flexibility index (Phi) is 32.2. The van der Waals surface area contributed by atoms with Crippen molar-refractivity contribution in [3.05, 3.63) is 24.3 Å². The first-order valence-corrected chi connectivity index (χ1v) is 21.7. The standard InChI is InChI=1S/C40H79N2O6P/c1-6-8-10-11-12-13-14-15-16-17-18-19-20-21-22-23-24-25-26-27-28-29-30-31-32-33-39(43)38(41-40(44)34-9-7-2)37-48-49(45,46)47-36-35-42(3,4)5/h28-29,32-33,38-39,43H,6-27,30-31,34-37H2,1-5H3,(H-,41,44,45,46)/p+1/b29-28+,33-32+. The second-order valence-electron chi connectivity index (χ2n) is 15.0. The number of aliphatic hydroxyl groups excluding tert-OH is 1. The molecule has 0 saturated carbocycles. The Morgan fingerprint density at radius 3 is 1.61 bits per heavy atom. The summed E-state index contributed by atoms with van der Waals surface area (Å²) in [6.45, 7) is 4.54. The molecule has 0 aliphatic carbocycles. The van der Waals surface area contributed by atoms with Crippen molar-refractivity contribution in [1.82, 2.24) is 5.32 Å². The lowest BCUT2D eigenvalue weighted by Gasteiger charge is -2.25. The lowest BCUT2D eigenvalue weighted by atomic mass is 10.0. The summed E-state index contributed by atoms with van der Waals surface area (Å²) in [5.74, 6) is -0.223. The molecule has 0 saturated heterocycles. The van der Waals surface area contributed by atoms with Crippen LogP contribution in [0.25, 0.3) is 0 Å². The molecule has 3 atom stereocenters. The van der Waals surface area contributed by atoms with Gasteiger partial charge in [-0.15, -0.1) is 0 Å². The van der Waals surface area contributed by atoms with Crippen molar-refractivity contribution >= 4 is 13.7 Å². The number of phosphoric ester groups is 1. The van der Waals surface area contributed by atoms with Crippen LogP contribution < -0.4 is 5.32 Å². The predicted molar refractivity (Wildman–Crippen MR) is 208 cm³/mol. The Morgan fingerprint density at radius 2 is 1.12 bits per heavy atom. The van der Waals surface area contributed by atoms with E-state index in [1.165, 1.54) is 122 Å². The summed E-state index contributed by atoms with van der Waals surface area (Å²) in [7, 11) is 1.55. The van der Waals surface area contributed by atoms with Crippen molar-refractivity contribution in [2.24, 2.45) is 0 Å². The number of allylic oxidation sites excluding steroid dienone is 3. The number of carbonyl (C=O) groups excluding carboxylic acids is 1. The Bertz CT molecular complexity index is 860. The van der Waals surface area contributed by atoms with Crippen molar-refractivity contribution in [3.63, 3.8) is 0 Å². The maximum Gasteiger partial charge on any atom is 0.472 e. The van der Waals surface area contributed by atoms with E-state index in [9.17, 15) is 19.4 Å². The number of likely N-dealkylation sites (N-methyl/N-ethyl adjacent to an activating group) is 1. The molecule has 49 heavy (non-hydrogen) atoms. The van der Waals surface area contributed by atoms with Crippen molar-refractivity contribution in [2.75, 3.05) is 40.9 Å². The molecule has 290 valence electrons. The highest BCUT2D eigenvalue weighted by atomic mass is 31.2. The molecule has 0 aliphatic rings. The monoisotopic (exact) mass is 716 g/mol. The van der Waals surface area contributed by atoms with Gasteiger partial charge in [-0.05, 0) is 32.1 Å². The van der Waals surface area contributed by atoms with Crippen molar-refractivity contribution in [2.45, 2.75) is 187 Å². The first-order valence-electron chi connectivity index (χ1n) is 20.2. The van der Waals surface area contributed by atoms with Crippen LogP contribution in [0.3, 0.4) is 0 Å². The molecule has 3 unspecified atom stereocenters. The van der Waals surface area contributed by atoms with Crippen molar-refractivity contribution in [1.29, 1.82) is 0 Å². The summed E-state index contributed by atoms with van der Waals surface area (Å²) in [5, 5.41) is 13.5. The molecule has 0 rings (SSSR count). The Labute approximate surface area is 303 Å². The van der Waals surface area contributed by atoms with Gasteiger partial charge in [0.15, 0.2) is 0 Å². The first kappa shape index (κ1) is 48.0. The van der Waals surface area contributed by atoms with Crippen molar-refractivity contribution < 1.29 is 32.9 Å². The number of phosphoric acid groups is 1. The Hall–Kier alpha value is -1.02. The topological polar surface area (TPSA) is 105 Å². The minimum Gasteiger partial charge on any atom is -0.387 e. The highest BCUT2D eigenvalue weighted by molar-refractivity contribution is 7.47. The summed E-state index contributed by atoms with van der Waals surface area (Å²) < 4.78 is 23.2. The number of hydrogen-bond acceptors (Lipinski definition) is 5. The molecule has 0 aliphatic heterocycles. The third kappa shape index (κ3) is 35.2. The first-order chi connectivity index (χ1) is 23.5. The molecule has 0 fully saturated rings. The maximum atomic E-state index is 12.3. The summed E-state index contributed by atoms with van der Waals surface area (Å²) in [6.07, 6.45) is 38.1. The average molecular weight is 716 g/mol. The summed E-state index contributed by atoms with van der Waals surface area (Å²) in [4.78, 5) is 22.4. The molecule has 0 heterocycles. The molecule has 0 radical (unpaired) electrons. The van der Waals surface area contributed by atoms with Gasteiger partial charge < -0.3 is 19.8 Å². The Morgan fingerprint density at radius 1 is 0.673 bits per heavy atom. The van der Waals surface area contributed by atoms with Crippen LogP contribution in [0, 0.1) is 0 Å². The van der Waals surface area contributed by atoms with Crippen LogP contribution in [0.4, 0.5) is 0 Å². The maximum absolute atomic E-state index is 12.3. The molecule has 8 nitrogen and oxygen atoms in total. The van der Waals surface area contributed by atoms with E-state index < -0.39 is 20.0 Å². The molecule has 1 amide bonds. The average Bonchev–Trinajstić information content (AvgIpc) is 3.04. The van der Waals surface area contributed by atoms with Gasteiger partial charge in [-0.1, -0.05) is 160 Å². The van der Waals surface area contributed by atoms with Crippen LogP contribution in [0.1, 0.15) is 174 Å². The van der Waals surface area contributed by atoms with E-state index in [0.29, 0.717) is 17.4 Å². The highest BCUT2D eigenvalue weighted by Crippen LogP contribution is 2.43. The molecular formula is C40H80N2O6P+. The predicted octanol–water partition coefficient (Wildman–Crippen LogP) is 10.6. The third-order valence-electron chi connectivity index (χ3n) is 8.92. The van der Waals surface area contributed by atoms with Gasteiger partial charge in [0.05, 0.1) is 39.9 Å². The molecular weight excluding hydrogens is 635 g/mol. The van der Waals surface area contributed by atoms with Gasteiger partial charge in [-0.2, -0.15) is 0 Å². The Balaban J connectivity index is 4.00. The van der Waals surface area contributed by atoms with Crippen LogP contribution in [0.5, 0.6) is 0 Å². The van der Waals surface area contributed by atoms with Gasteiger partial charge in [0.1, 0.15) is 13.2 Å². The minimum absolute atomic E-state index is 0.0559. The van der Waals surface area contributed by atoms with E-state index in [4.69, 9.17) is 9.05 Å². The molecule has 9 heteroatoms. The number of amides is 1. The molecule has 3 N–H and O–H groups in total. The SMILES string of the molecule is CCCCCCCCCCCCCCCCCCCCC/C=C/CC/C=C/C(O)C(COP(=O)(O)OCC[N+](C)(C)C)NC(=O)CCCC. The van der Waals surface area contributed by atoms with Crippen LogP contribution in [0.15, 0.2) is 24.3 Å². The normalized spacial score (nSPS) is 14.8. The third-order valence-corrected chi connectivity index (χ3v) is 9.91. The van der Waals surface area contributed by atoms with Gasteiger partial charge in [0.2, 0.25) is 5.91 Å². The van der Waals surface area contributed by atoms with E-state index in [-0.39, 0.29) is 19.1 Å². The van der Waals surface area contributed by atoms with E-state index in [0.717, 1.165) is 32.1 Å². The highest BCUT2D eigenvalue weighted by Gasteiger charge is 2.27. The second-order valence-corrected chi connectivity index (χ2v) is 16.5. The largest absolute Gasteiger partial charge is 0.472 e. The number of nitrogens with one attached hydrogen (secondary N) is 1. The smallest absolute Gasteiger partial charge is 0.387 e. The van der Waals surface area contributed by atoms with E-state index in [1.54, 1.807) is 6.08 Å². The van der Waals surface area contributed by atoms with Crippen LogP contribution in [0.2, 0.25) is 0 Å². The number of hydrogen-bond donors (Lipinski definition) is 3. The molecule has 0 aromatic carbocycles.